The summed E-state index contributed by atoms with van der Waals surface area (Å²) in [6.07, 6.45) is 17.3. The predicted octanol–water partition coefficient (Wildman–Crippen LogP) is 7.58. The van der Waals surface area contributed by atoms with Gasteiger partial charge in [-0.05, 0) is 80.1 Å². The van der Waals surface area contributed by atoms with Crippen molar-refractivity contribution in [2.24, 2.45) is 11.8 Å². The Balaban J connectivity index is 1.43. The smallest absolute Gasteiger partial charge is 0.338 e. The number of ether oxygens (including phenoxy) is 1. The van der Waals surface area contributed by atoms with Gasteiger partial charge in [-0.15, -0.1) is 0 Å². The van der Waals surface area contributed by atoms with Crippen LogP contribution in [-0.4, -0.2) is 12.1 Å². The molecule has 2 aliphatic rings. The maximum absolute atomic E-state index is 12.5. The van der Waals surface area contributed by atoms with Crippen molar-refractivity contribution in [3.05, 3.63) is 41.5 Å². The highest BCUT2D eigenvalue weighted by atomic mass is 16.5. The van der Waals surface area contributed by atoms with Crippen molar-refractivity contribution in [1.29, 1.82) is 0 Å². The quantitative estimate of drug-likeness (QED) is 0.342. The highest BCUT2D eigenvalue weighted by Gasteiger charge is 2.24. The van der Waals surface area contributed by atoms with Gasteiger partial charge in [0, 0.05) is 0 Å². The number of benzene rings is 1. The first-order chi connectivity index (χ1) is 13.7. The Bertz CT molecular complexity index is 635. The summed E-state index contributed by atoms with van der Waals surface area (Å²) in [5.41, 5.74) is 3.37. The molecule has 3 rings (SSSR count). The van der Waals surface area contributed by atoms with E-state index in [1.54, 1.807) is 0 Å². The largest absolute Gasteiger partial charge is 0.459 e. The van der Waals surface area contributed by atoms with Gasteiger partial charge in [-0.3, -0.25) is 0 Å². The molecular weight excluding hydrogens is 344 g/mol. The minimum Gasteiger partial charge on any atom is -0.459 e. The third kappa shape index (κ3) is 6.22. The van der Waals surface area contributed by atoms with Crippen molar-refractivity contribution in [3.63, 3.8) is 0 Å². The van der Waals surface area contributed by atoms with Gasteiger partial charge in [0.1, 0.15) is 6.10 Å². The molecule has 1 aromatic rings. The second kappa shape index (κ2) is 10.8. The Labute approximate surface area is 171 Å². The Morgan fingerprint density at radius 2 is 1.75 bits per heavy atom. The highest BCUT2D eigenvalue weighted by Crippen LogP contribution is 2.32. The van der Waals surface area contributed by atoms with Crippen LogP contribution in [0.1, 0.15) is 107 Å². The van der Waals surface area contributed by atoms with Crippen LogP contribution >= 0.6 is 0 Å². The number of hydrogen-bond donors (Lipinski definition) is 0. The molecule has 2 nitrogen and oxygen atoms in total. The Morgan fingerprint density at radius 1 is 1.00 bits per heavy atom. The Hall–Kier alpha value is -1.57. The fourth-order valence-electron chi connectivity index (χ4n) is 4.67. The molecule has 0 bridgehead atoms. The third-order valence-corrected chi connectivity index (χ3v) is 6.70. The fraction of sp³-hybridized carbons (Fsp3) is 0.654. The van der Waals surface area contributed by atoms with Crippen LogP contribution in [0.25, 0.3) is 5.57 Å². The maximum atomic E-state index is 12.5. The molecular formula is C26H38O2. The molecule has 154 valence electrons. The summed E-state index contributed by atoms with van der Waals surface area (Å²) >= 11 is 0. The van der Waals surface area contributed by atoms with Crippen LogP contribution in [0.5, 0.6) is 0 Å². The van der Waals surface area contributed by atoms with E-state index in [1.807, 2.05) is 12.1 Å². The molecule has 0 aliphatic heterocycles. The maximum Gasteiger partial charge on any atom is 0.338 e. The van der Waals surface area contributed by atoms with Gasteiger partial charge in [0.2, 0.25) is 0 Å². The standard InChI is InChI=1S/C26H38O2/c1-3-4-5-6-7-21-10-18-25(19-11-21)28-26(27)24-16-14-23(15-17-24)22-12-8-20(2)9-13-22/h12,14-17,20-21,25H,3-11,13,18-19H2,1-2H3. The molecule has 0 heterocycles. The first-order valence-corrected chi connectivity index (χ1v) is 11.7. The normalized spacial score (nSPS) is 25.2. The summed E-state index contributed by atoms with van der Waals surface area (Å²) in [4.78, 5) is 12.5. The van der Waals surface area contributed by atoms with Crippen molar-refractivity contribution in [2.45, 2.75) is 97.0 Å². The second-order valence-corrected chi connectivity index (χ2v) is 9.08. The average Bonchev–Trinajstić information content (AvgIpc) is 2.73. The minimum absolute atomic E-state index is 0.113. The van der Waals surface area contributed by atoms with E-state index in [2.05, 4.69) is 32.1 Å². The van der Waals surface area contributed by atoms with Crippen LogP contribution in [0.3, 0.4) is 0 Å². The van der Waals surface area contributed by atoms with Gasteiger partial charge >= 0.3 is 5.97 Å². The van der Waals surface area contributed by atoms with Crippen LogP contribution in [0.15, 0.2) is 30.3 Å². The van der Waals surface area contributed by atoms with E-state index in [9.17, 15) is 4.79 Å². The van der Waals surface area contributed by atoms with Crippen LogP contribution in [0.4, 0.5) is 0 Å². The van der Waals surface area contributed by atoms with E-state index in [0.29, 0.717) is 5.56 Å². The molecule has 1 fully saturated rings. The van der Waals surface area contributed by atoms with Gasteiger partial charge in [-0.2, -0.15) is 0 Å². The molecule has 0 aromatic heterocycles. The van der Waals surface area contributed by atoms with Gasteiger partial charge in [-0.25, -0.2) is 4.79 Å². The van der Waals surface area contributed by atoms with Crippen molar-refractivity contribution in [3.8, 4) is 0 Å². The number of hydrogen-bond acceptors (Lipinski definition) is 2. The van der Waals surface area contributed by atoms with Crippen LogP contribution in [0, 0.1) is 11.8 Å². The summed E-state index contributed by atoms with van der Waals surface area (Å²) in [5, 5.41) is 0. The van der Waals surface area contributed by atoms with Gasteiger partial charge in [0.05, 0.1) is 5.56 Å². The van der Waals surface area contributed by atoms with Crippen LogP contribution in [0.2, 0.25) is 0 Å². The van der Waals surface area contributed by atoms with Crippen molar-refractivity contribution in [2.75, 3.05) is 0 Å². The van der Waals surface area contributed by atoms with E-state index in [-0.39, 0.29) is 12.1 Å². The molecule has 1 atom stereocenters. The minimum atomic E-state index is -0.149. The fourth-order valence-corrected chi connectivity index (χ4v) is 4.67. The SMILES string of the molecule is CCCCCCC1CCC(OC(=O)c2ccc(C3=CCC(C)CC3)cc2)CC1. The molecule has 1 saturated carbocycles. The number of allylic oxidation sites excluding steroid dienone is 2. The Morgan fingerprint density at radius 3 is 2.39 bits per heavy atom. The lowest BCUT2D eigenvalue weighted by Gasteiger charge is -2.28. The van der Waals surface area contributed by atoms with Gasteiger partial charge in [0.25, 0.3) is 0 Å². The topological polar surface area (TPSA) is 26.3 Å². The van der Waals surface area contributed by atoms with Crippen LogP contribution < -0.4 is 0 Å². The number of unbranched alkanes of at least 4 members (excludes halogenated alkanes) is 3. The molecule has 0 spiro atoms. The lowest BCUT2D eigenvalue weighted by molar-refractivity contribution is 0.0161. The molecule has 0 saturated heterocycles. The van der Waals surface area contributed by atoms with E-state index in [0.717, 1.165) is 31.1 Å². The molecule has 2 heteroatoms. The summed E-state index contributed by atoms with van der Waals surface area (Å²) in [7, 11) is 0. The van der Waals surface area contributed by atoms with Crippen molar-refractivity contribution in [1.82, 2.24) is 0 Å². The molecule has 1 unspecified atom stereocenters. The molecule has 0 amide bonds. The first kappa shape index (κ1) is 21.1. The first-order valence-electron chi connectivity index (χ1n) is 11.7. The zero-order chi connectivity index (χ0) is 19.8. The summed E-state index contributed by atoms with van der Waals surface area (Å²) < 4.78 is 5.81. The lowest BCUT2D eigenvalue weighted by Crippen LogP contribution is -2.24. The Kier molecular flexibility index (Phi) is 8.18. The van der Waals surface area contributed by atoms with E-state index in [1.165, 1.54) is 68.9 Å². The molecule has 28 heavy (non-hydrogen) atoms. The zero-order valence-electron chi connectivity index (χ0n) is 17.9. The van der Waals surface area contributed by atoms with Crippen LogP contribution in [-0.2, 0) is 4.74 Å². The summed E-state index contributed by atoms with van der Waals surface area (Å²) in [6.45, 7) is 4.58. The molecule has 1 aromatic carbocycles. The van der Waals surface area contributed by atoms with Gasteiger partial charge in [0.15, 0.2) is 0 Å². The van der Waals surface area contributed by atoms with Gasteiger partial charge in [-0.1, -0.05) is 64.2 Å². The number of rotatable bonds is 8. The summed E-state index contributed by atoms with van der Waals surface area (Å²) in [5.74, 6) is 1.49. The number of esters is 1. The third-order valence-electron chi connectivity index (χ3n) is 6.70. The van der Waals surface area contributed by atoms with E-state index < -0.39 is 0 Å². The molecule has 0 N–H and O–H groups in total. The zero-order valence-corrected chi connectivity index (χ0v) is 17.9. The van der Waals surface area contributed by atoms with Crippen molar-refractivity contribution < 1.29 is 9.53 Å². The van der Waals surface area contributed by atoms with Crippen molar-refractivity contribution >= 4 is 11.5 Å². The average molecular weight is 383 g/mol. The second-order valence-electron chi connectivity index (χ2n) is 9.08. The van der Waals surface area contributed by atoms with Gasteiger partial charge < -0.3 is 4.74 Å². The molecule has 2 aliphatic carbocycles. The monoisotopic (exact) mass is 382 g/mol. The highest BCUT2D eigenvalue weighted by molar-refractivity contribution is 5.90. The lowest BCUT2D eigenvalue weighted by atomic mass is 9.84. The van der Waals surface area contributed by atoms with E-state index >= 15 is 0 Å². The number of carbonyl (C=O) groups is 1. The van der Waals surface area contributed by atoms with E-state index in [4.69, 9.17) is 4.74 Å². The number of carbonyl (C=O) groups excluding carboxylic acids is 1. The molecule has 0 radical (unpaired) electrons. The predicted molar refractivity (Wildman–Crippen MR) is 117 cm³/mol. The summed E-state index contributed by atoms with van der Waals surface area (Å²) in [6, 6.07) is 8.06.